The highest BCUT2D eigenvalue weighted by Gasteiger charge is 2.09. The zero-order valence-corrected chi connectivity index (χ0v) is 9.34. The highest BCUT2D eigenvalue weighted by Crippen LogP contribution is 2.25. The van der Waals surface area contributed by atoms with Gasteiger partial charge >= 0.3 is 0 Å². The van der Waals surface area contributed by atoms with Gasteiger partial charge in [0, 0.05) is 6.42 Å². The Hall–Kier alpha value is -0.330. The molecule has 0 aromatic heterocycles. The van der Waals surface area contributed by atoms with E-state index in [-0.39, 0.29) is 0 Å². The molecule has 1 nitrogen and oxygen atoms in total. The maximum absolute atomic E-state index is 10.2. The lowest BCUT2D eigenvalue weighted by atomic mass is 9.92. The third-order valence-corrected chi connectivity index (χ3v) is 3.41. The van der Waals surface area contributed by atoms with Crippen LogP contribution < -0.4 is 0 Å². The highest BCUT2D eigenvalue weighted by atomic mass is 16.1. The van der Waals surface area contributed by atoms with Gasteiger partial charge in [0.2, 0.25) is 0 Å². The van der Waals surface area contributed by atoms with Crippen molar-refractivity contribution < 1.29 is 4.79 Å². The van der Waals surface area contributed by atoms with Gasteiger partial charge in [0.15, 0.2) is 0 Å². The van der Waals surface area contributed by atoms with Crippen LogP contribution in [0.2, 0.25) is 0 Å². The van der Waals surface area contributed by atoms with Crippen LogP contribution in [0.1, 0.15) is 70.6 Å². The Morgan fingerprint density at radius 3 is 2.07 bits per heavy atom. The lowest BCUT2D eigenvalue weighted by Gasteiger charge is -2.14. The van der Waals surface area contributed by atoms with Gasteiger partial charge in [0.1, 0.15) is 6.29 Å². The highest BCUT2D eigenvalue weighted by molar-refractivity contribution is 5.48. The average molecular weight is 196 g/mol. The summed E-state index contributed by atoms with van der Waals surface area (Å²) < 4.78 is 0. The number of carbonyl (C=O) groups excluding carboxylic acids is 1. The second kappa shape index (κ2) is 8.02. The van der Waals surface area contributed by atoms with E-state index in [2.05, 4.69) is 0 Å². The van der Waals surface area contributed by atoms with Crippen LogP contribution in [0.25, 0.3) is 0 Å². The molecule has 0 aromatic rings. The Balaban J connectivity index is 2.14. The summed E-state index contributed by atoms with van der Waals surface area (Å²) in [7, 11) is 0. The SMILES string of the molecule is O=CCCCC1CCCCCCCC1. The van der Waals surface area contributed by atoms with Crippen LogP contribution >= 0.6 is 0 Å². The quantitative estimate of drug-likeness (QED) is 0.488. The van der Waals surface area contributed by atoms with Gasteiger partial charge in [-0.2, -0.15) is 0 Å². The van der Waals surface area contributed by atoms with E-state index in [4.69, 9.17) is 0 Å². The maximum Gasteiger partial charge on any atom is 0.119 e. The van der Waals surface area contributed by atoms with Gasteiger partial charge in [-0.15, -0.1) is 0 Å². The molecule has 1 rings (SSSR count). The number of hydrogen-bond acceptors (Lipinski definition) is 1. The number of hydrogen-bond donors (Lipinski definition) is 0. The molecule has 0 unspecified atom stereocenters. The maximum atomic E-state index is 10.2. The van der Waals surface area contributed by atoms with Crippen molar-refractivity contribution in [3.05, 3.63) is 0 Å². The molecule has 0 aliphatic heterocycles. The molecule has 1 fully saturated rings. The molecule has 1 aliphatic rings. The molecule has 0 N–H and O–H groups in total. The van der Waals surface area contributed by atoms with Crippen LogP contribution in [0.3, 0.4) is 0 Å². The molecule has 82 valence electrons. The van der Waals surface area contributed by atoms with E-state index in [0.29, 0.717) is 0 Å². The van der Waals surface area contributed by atoms with Crippen molar-refractivity contribution >= 4 is 6.29 Å². The first-order valence-corrected chi connectivity index (χ1v) is 6.37. The van der Waals surface area contributed by atoms with Gasteiger partial charge in [0.25, 0.3) is 0 Å². The Morgan fingerprint density at radius 2 is 1.50 bits per heavy atom. The molecule has 0 aromatic carbocycles. The van der Waals surface area contributed by atoms with E-state index in [1.807, 2.05) is 0 Å². The van der Waals surface area contributed by atoms with Crippen LogP contribution in [0.15, 0.2) is 0 Å². The van der Waals surface area contributed by atoms with Crippen LogP contribution in [0.5, 0.6) is 0 Å². The van der Waals surface area contributed by atoms with Crippen molar-refractivity contribution in [2.75, 3.05) is 0 Å². The number of aldehydes is 1. The average Bonchev–Trinajstić information content (AvgIpc) is 2.32. The van der Waals surface area contributed by atoms with Crippen LogP contribution in [-0.4, -0.2) is 6.29 Å². The molecule has 1 heteroatoms. The van der Waals surface area contributed by atoms with Crippen LogP contribution in [0, 0.1) is 5.92 Å². The van der Waals surface area contributed by atoms with E-state index in [0.717, 1.165) is 25.0 Å². The van der Waals surface area contributed by atoms with E-state index in [9.17, 15) is 4.79 Å². The minimum atomic E-state index is 0.774. The number of rotatable bonds is 4. The molecular formula is C13H24O. The predicted molar refractivity (Wildman–Crippen MR) is 60.3 cm³/mol. The molecule has 1 saturated carbocycles. The molecule has 0 amide bonds. The van der Waals surface area contributed by atoms with Crippen molar-refractivity contribution in [3.63, 3.8) is 0 Å². The monoisotopic (exact) mass is 196 g/mol. The third kappa shape index (κ3) is 5.41. The van der Waals surface area contributed by atoms with Crippen molar-refractivity contribution in [3.8, 4) is 0 Å². The summed E-state index contributed by atoms with van der Waals surface area (Å²) in [5, 5.41) is 0. The second-order valence-corrected chi connectivity index (χ2v) is 4.66. The first kappa shape index (κ1) is 11.7. The molecule has 0 heterocycles. The molecule has 1 aliphatic carbocycles. The second-order valence-electron chi connectivity index (χ2n) is 4.66. The van der Waals surface area contributed by atoms with E-state index >= 15 is 0 Å². The molecule has 14 heavy (non-hydrogen) atoms. The zero-order chi connectivity index (χ0) is 10.1. The molecular weight excluding hydrogens is 172 g/mol. The summed E-state index contributed by atoms with van der Waals surface area (Å²) in [4.78, 5) is 10.2. The first-order chi connectivity index (χ1) is 6.93. The summed E-state index contributed by atoms with van der Waals surface area (Å²) in [6.07, 6.45) is 15.7. The Morgan fingerprint density at radius 1 is 0.929 bits per heavy atom. The Kier molecular flexibility index (Phi) is 6.73. The van der Waals surface area contributed by atoms with Crippen molar-refractivity contribution in [1.29, 1.82) is 0 Å². The van der Waals surface area contributed by atoms with Gasteiger partial charge in [-0.25, -0.2) is 0 Å². The van der Waals surface area contributed by atoms with Crippen molar-refractivity contribution in [2.24, 2.45) is 5.92 Å². The molecule has 0 spiro atoms. The van der Waals surface area contributed by atoms with Gasteiger partial charge in [-0.05, 0) is 12.3 Å². The largest absolute Gasteiger partial charge is 0.303 e. The molecule has 0 bridgehead atoms. The van der Waals surface area contributed by atoms with E-state index in [1.165, 1.54) is 57.8 Å². The number of unbranched alkanes of at least 4 members (excludes halogenated alkanes) is 1. The topological polar surface area (TPSA) is 17.1 Å². The number of carbonyl (C=O) groups is 1. The smallest absolute Gasteiger partial charge is 0.119 e. The van der Waals surface area contributed by atoms with Gasteiger partial charge in [-0.1, -0.05) is 57.8 Å². The fraction of sp³-hybridized carbons (Fsp3) is 0.923. The van der Waals surface area contributed by atoms with Crippen molar-refractivity contribution in [1.82, 2.24) is 0 Å². The van der Waals surface area contributed by atoms with E-state index < -0.39 is 0 Å². The minimum Gasteiger partial charge on any atom is -0.303 e. The Labute approximate surface area is 88.3 Å². The Bertz CT molecular complexity index is 132. The normalized spacial score (nSPS) is 20.9. The minimum absolute atomic E-state index is 0.774. The van der Waals surface area contributed by atoms with E-state index in [1.54, 1.807) is 0 Å². The summed E-state index contributed by atoms with van der Waals surface area (Å²) in [6, 6.07) is 0. The van der Waals surface area contributed by atoms with Crippen LogP contribution in [-0.2, 0) is 4.79 Å². The predicted octanol–water partition coefficient (Wildman–Crippen LogP) is 4.11. The van der Waals surface area contributed by atoms with Gasteiger partial charge < -0.3 is 4.79 Å². The van der Waals surface area contributed by atoms with Gasteiger partial charge in [-0.3, -0.25) is 0 Å². The lowest BCUT2D eigenvalue weighted by Crippen LogP contribution is -2.00. The fourth-order valence-corrected chi connectivity index (χ4v) is 2.50. The molecule has 0 saturated heterocycles. The molecule has 0 radical (unpaired) electrons. The fourth-order valence-electron chi connectivity index (χ4n) is 2.50. The van der Waals surface area contributed by atoms with Gasteiger partial charge in [0.05, 0.1) is 0 Å². The summed E-state index contributed by atoms with van der Waals surface area (Å²) in [5.74, 6) is 0.924. The summed E-state index contributed by atoms with van der Waals surface area (Å²) >= 11 is 0. The third-order valence-electron chi connectivity index (χ3n) is 3.41. The first-order valence-electron chi connectivity index (χ1n) is 6.37. The zero-order valence-electron chi connectivity index (χ0n) is 9.34. The van der Waals surface area contributed by atoms with Crippen molar-refractivity contribution in [2.45, 2.75) is 70.6 Å². The molecule has 0 atom stereocenters. The van der Waals surface area contributed by atoms with Crippen LogP contribution in [0.4, 0.5) is 0 Å². The summed E-state index contributed by atoms with van der Waals surface area (Å²) in [5.41, 5.74) is 0. The summed E-state index contributed by atoms with van der Waals surface area (Å²) in [6.45, 7) is 0. The lowest BCUT2D eigenvalue weighted by molar-refractivity contribution is -0.108. The standard InChI is InChI=1S/C13H24O/c14-12-8-7-11-13-9-5-3-1-2-4-6-10-13/h12-13H,1-11H2.